The molecule has 0 saturated heterocycles. The second kappa shape index (κ2) is 5.59. The summed E-state index contributed by atoms with van der Waals surface area (Å²) in [5.41, 5.74) is 3.33. The second-order valence-corrected chi connectivity index (χ2v) is 9.41. The van der Waals surface area contributed by atoms with E-state index in [1.165, 1.54) is 43.3 Å². The van der Waals surface area contributed by atoms with Gasteiger partial charge < -0.3 is 10.2 Å². The minimum absolute atomic E-state index is 0.0446. The zero-order valence-corrected chi connectivity index (χ0v) is 15.1. The van der Waals surface area contributed by atoms with Crippen LogP contribution >= 0.6 is 0 Å². The fourth-order valence-electron chi connectivity index (χ4n) is 7.33. The molecule has 4 aliphatic carbocycles. The van der Waals surface area contributed by atoms with Crippen LogP contribution < -0.4 is 0 Å². The standard InChI is InChI=1S/C21H34O2/c1-12-16(13(2)22)6-7-17-18-5-4-14-10-15(23)8-9-21(14,3)20(18)11-19(12)17/h13-15,17-20,22-23H,4-11H2,1-3H3/t13-,14+,15+,17-,18-,19-,20-,21+/m1/s1. The minimum Gasteiger partial charge on any atom is -0.393 e. The van der Waals surface area contributed by atoms with Gasteiger partial charge in [-0.15, -0.1) is 0 Å². The second-order valence-electron chi connectivity index (χ2n) is 9.41. The molecule has 0 bridgehead atoms. The smallest absolute Gasteiger partial charge is 0.0724 e. The molecule has 3 fully saturated rings. The van der Waals surface area contributed by atoms with E-state index < -0.39 is 0 Å². The average molecular weight is 319 g/mol. The maximum atomic E-state index is 10.1. The highest BCUT2D eigenvalue weighted by molar-refractivity contribution is 5.25. The van der Waals surface area contributed by atoms with Crippen LogP contribution in [0.3, 0.4) is 0 Å². The van der Waals surface area contributed by atoms with Crippen molar-refractivity contribution in [3.8, 4) is 0 Å². The Morgan fingerprint density at radius 1 is 1.09 bits per heavy atom. The molecule has 0 aromatic heterocycles. The number of aliphatic hydroxyl groups excluding tert-OH is 2. The van der Waals surface area contributed by atoms with Gasteiger partial charge in [0, 0.05) is 0 Å². The molecule has 0 unspecified atom stereocenters. The van der Waals surface area contributed by atoms with Gasteiger partial charge >= 0.3 is 0 Å². The summed E-state index contributed by atoms with van der Waals surface area (Å²) in [7, 11) is 0. The van der Waals surface area contributed by atoms with Gasteiger partial charge in [0.2, 0.25) is 0 Å². The molecule has 4 aliphatic rings. The Morgan fingerprint density at radius 2 is 1.87 bits per heavy atom. The van der Waals surface area contributed by atoms with Crippen LogP contribution in [0.2, 0.25) is 0 Å². The monoisotopic (exact) mass is 318 g/mol. The highest BCUT2D eigenvalue weighted by Crippen LogP contribution is 2.65. The molecule has 8 atom stereocenters. The predicted octanol–water partition coefficient (Wildman–Crippen LogP) is 4.31. The van der Waals surface area contributed by atoms with E-state index in [-0.39, 0.29) is 12.2 Å². The Labute approximate surface area is 141 Å². The Balaban J connectivity index is 1.63. The first-order valence-electron chi connectivity index (χ1n) is 9.97. The topological polar surface area (TPSA) is 40.5 Å². The number of fused-ring (bicyclic) bond motifs is 5. The molecule has 23 heavy (non-hydrogen) atoms. The molecule has 0 aromatic rings. The molecule has 0 heterocycles. The van der Waals surface area contributed by atoms with Crippen molar-refractivity contribution in [1.29, 1.82) is 0 Å². The number of hydrogen-bond donors (Lipinski definition) is 2. The summed E-state index contributed by atoms with van der Waals surface area (Å²) in [5, 5.41) is 20.2. The van der Waals surface area contributed by atoms with Gasteiger partial charge in [0.05, 0.1) is 12.2 Å². The van der Waals surface area contributed by atoms with Crippen LogP contribution in [0.4, 0.5) is 0 Å². The lowest BCUT2D eigenvalue weighted by Gasteiger charge is -2.53. The van der Waals surface area contributed by atoms with Gasteiger partial charge in [0.1, 0.15) is 0 Å². The molecule has 0 aromatic carbocycles. The van der Waals surface area contributed by atoms with Crippen molar-refractivity contribution in [1.82, 2.24) is 0 Å². The summed E-state index contributed by atoms with van der Waals surface area (Å²) in [6.45, 7) is 6.80. The van der Waals surface area contributed by atoms with Crippen LogP contribution in [0.1, 0.15) is 72.1 Å². The average Bonchev–Trinajstić information content (AvgIpc) is 2.89. The zero-order chi connectivity index (χ0) is 16.4. The van der Waals surface area contributed by atoms with Gasteiger partial charge in [0.25, 0.3) is 0 Å². The molecule has 0 spiro atoms. The van der Waals surface area contributed by atoms with E-state index in [1.54, 1.807) is 0 Å². The van der Waals surface area contributed by atoms with Crippen molar-refractivity contribution in [3.05, 3.63) is 11.1 Å². The molecule has 2 N–H and O–H groups in total. The third kappa shape index (κ3) is 2.35. The first kappa shape index (κ1) is 16.1. The highest BCUT2D eigenvalue weighted by atomic mass is 16.3. The van der Waals surface area contributed by atoms with Crippen molar-refractivity contribution in [2.75, 3.05) is 0 Å². The third-order valence-corrected chi connectivity index (χ3v) is 8.61. The Kier molecular flexibility index (Phi) is 3.93. The fraction of sp³-hybridized carbons (Fsp3) is 0.905. The normalized spacial score (nSPS) is 51.0. The Morgan fingerprint density at radius 3 is 2.61 bits per heavy atom. The largest absolute Gasteiger partial charge is 0.393 e. The van der Waals surface area contributed by atoms with Gasteiger partial charge in [-0.25, -0.2) is 0 Å². The highest BCUT2D eigenvalue weighted by Gasteiger charge is 2.57. The Hall–Kier alpha value is -0.340. The molecule has 0 radical (unpaired) electrons. The molecule has 2 nitrogen and oxygen atoms in total. The molecule has 4 rings (SSSR count). The van der Waals surface area contributed by atoms with E-state index in [2.05, 4.69) is 13.8 Å². The predicted molar refractivity (Wildman–Crippen MR) is 92.9 cm³/mol. The molecule has 130 valence electrons. The van der Waals surface area contributed by atoms with E-state index in [4.69, 9.17) is 0 Å². The molecule has 2 heteroatoms. The maximum Gasteiger partial charge on any atom is 0.0724 e. The maximum absolute atomic E-state index is 10.1. The van der Waals surface area contributed by atoms with Crippen LogP contribution in [0, 0.1) is 35.0 Å². The molecular weight excluding hydrogens is 284 g/mol. The number of rotatable bonds is 1. The van der Waals surface area contributed by atoms with Gasteiger partial charge in [-0.3, -0.25) is 0 Å². The first-order valence-corrected chi connectivity index (χ1v) is 9.97. The molecule has 3 saturated carbocycles. The van der Waals surface area contributed by atoms with Gasteiger partial charge in [-0.05, 0) is 106 Å². The van der Waals surface area contributed by atoms with Crippen molar-refractivity contribution in [2.45, 2.75) is 84.3 Å². The van der Waals surface area contributed by atoms with Gasteiger partial charge in [0.15, 0.2) is 0 Å². The van der Waals surface area contributed by atoms with E-state index in [9.17, 15) is 10.2 Å². The summed E-state index contributed by atoms with van der Waals surface area (Å²) in [6, 6.07) is 0. The van der Waals surface area contributed by atoms with Gasteiger partial charge in [-0.1, -0.05) is 12.5 Å². The molecule has 0 amide bonds. The van der Waals surface area contributed by atoms with Crippen LogP contribution in [-0.4, -0.2) is 22.4 Å². The summed E-state index contributed by atoms with van der Waals surface area (Å²) < 4.78 is 0. The summed E-state index contributed by atoms with van der Waals surface area (Å²) in [5.74, 6) is 4.10. The number of allylic oxidation sites excluding steroid dienone is 1. The van der Waals surface area contributed by atoms with Crippen molar-refractivity contribution in [3.63, 3.8) is 0 Å². The van der Waals surface area contributed by atoms with Crippen LogP contribution in [0.15, 0.2) is 11.1 Å². The quantitative estimate of drug-likeness (QED) is 0.707. The molecule has 0 aliphatic heterocycles. The lowest BCUT2D eigenvalue weighted by atomic mass is 9.52. The van der Waals surface area contributed by atoms with E-state index >= 15 is 0 Å². The van der Waals surface area contributed by atoms with Gasteiger partial charge in [-0.2, -0.15) is 0 Å². The minimum atomic E-state index is -0.258. The Bertz CT molecular complexity index is 508. The lowest BCUT2D eigenvalue weighted by molar-refractivity contribution is -0.0671. The number of aliphatic hydroxyl groups is 2. The van der Waals surface area contributed by atoms with Crippen LogP contribution in [-0.2, 0) is 0 Å². The van der Waals surface area contributed by atoms with Crippen LogP contribution in [0.25, 0.3) is 0 Å². The van der Waals surface area contributed by atoms with E-state index in [0.29, 0.717) is 5.41 Å². The van der Waals surface area contributed by atoms with Crippen molar-refractivity contribution in [2.24, 2.45) is 35.0 Å². The lowest BCUT2D eigenvalue weighted by Crippen LogP contribution is -2.47. The summed E-state index contributed by atoms with van der Waals surface area (Å²) >= 11 is 0. The summed E-state index contributed by atoms with van der Waals surface area (Å²) in [6.07, 6.45) is 9.47. The molecular formula is C21H34O2. The van der Waals surface area contributed by atoms with E-state index in [1.807, 2.05) is 6.92 Å². The third-order valence-electron chi connectivity index (χ3n) is 8.61. The van der Waals surface area contributed by atoms with E-state index in [0.717, 1.165) is 48.9 Å². The zero-order valence-electron chi connectivity index (χ0n) is 15.1. The summed E-state index contributed by atoms with van der Waals surface area (Å²) in [4.78, 5) is 0. The van der Waals surface area contributed by atoms with Crippen LogP contribution in [0.5, 0.6) is 0 Å². The SMILES string of the molecule is CC1=C([C@@H](C)O)CC[C@@H]2[C@H]3CC[C@H]4C[C@@H](O)CC[C@]4(C)[C@@H]3C[C@H]12. The first-order chi connectivity index (χ1) is 10.9. The number of hydrogen-bond acceptors (Lipinski definition) is 2. The fourth-order valence-corrected chi connectivity index (χ4v) is 7.33. The van der Waals surface area contributed by atoms with Crippen molar-refractivity contribution < 1.29 is 10.2 Å². The van der Waals surface area contributed by atoms with Crippen molar-refractivity contribution >= 4 is 0 Å².